The van der Waals surface area contributed by atoms with E-state index in [1.165, 1.54) is 24.8 Å². The summed E-state index contributed by atoms with van der Waals surface area (Å²) in [4.78, 5) is 29.4. The Balaban J connectivity index is 1.19. The van der Waals surface area contributed by atoms with Crippen LogP contribution in [0.4, 0.5) is 5.95 Å². The van der Waals surface area contributed by atoms with Gasteiger partial charge >= 0.3 is 0 Å². The first-order valence-corrected chi connectivity index (χ1v) is 12.3. The fourth-order valence-corrected chi connectivity index (χ4v) is 5.06. The van der Waals surface area contributed by atoms with Crippen molar-refractivity contribution in [3.05, 3.63) is 51.8 Å². The molecule has 3 aliphatic rings. The quantitative estimate of drug-likeness (QED) is 0.668. The van der Waals surface area contributed by atoms with Crippen LogP contribution < -0.4 is 4.90 Å². The predicted molar refractivity (Wildman–Crippen MR) is 125 cm³/mol. The lowest BCUT2D eigenvalue weighted by Gasteiger charge is -2.43. The lowest BCUT2D eigenvalue weighted by molar-refractivity contribution is -0.130. The van der Waals surface area contributed by atoms with Crippen LogP contribution in [0.1, 0.15) is 36.1 Å². The van der Waals surface area contributed by atoms with Crippen molar-refractivity contribution in [2.24, 2.45) is 0 Å². The van der Waals surface area contributed by atoms with Gasteiger partial charge in [0.25, 0.3) is 0 Å². The van der Waals surface area contributed by atoms with E-state index in [0.29, 0.717) is 6.42 Å². The molecule has 2 aromatic rings. The van der Waals surface area contributed by atoms with E-state index in [0.717, 1.165) is 79.8 Å². The number of hydrogen-bond acceptors (Lipinski definition) is 5. The van der Waals surface area contributed by atoms with E-state index in [2.05, 4.69) is 25.7 Å². The van der Waals surface area contributed by atoms with Crippen molar-refractivity contribution in [1.82, 2.24) is 19.8 Å². The van der Waals surface area contributed by atoms with Crippen molar-refractivity contribution in [3.8, 4) is 0 Å². The van der Waals surface area contributed by atoms with E-state index in [1.807, 2.05) is 35.4 Å². The van der Waals surface area contributed by atoms with E-state index in [1.54, 1.807) is 0 Å². The highest BCUT2D eigenvalue weighted by Gasteiger charge is 2.29. The van der Waals surface area contributed by atoms with Gasteiger partial charge in [-0.25, -0.2) is 9.97 Å². The van der Waals surface area contributed by atoms with Gasteiger partial charge in [0.15, 0.2) is 0 Å². The van der Waals surface area contributed by atoms with Gasteiger partial charge in [0, 0.05) is 62.4 Å². The molecule has 1 aromatic heterocycles. The number of anilines is 1. The minimum atomic E-state index is 0.190. The SMILES string of the molecule is O=C(Cc1ccc(Br)cc1)N1CCc2cnc(N3CCN(C4CCC4)CC3)nc2CC1. The maximum atomic E-state index is 12.9. The smallest absolute Gasteiger partial charge is 0.227 e. The molecule has 0 atom stereocenters. The summed E-state index contributed by atoms with van der Waals surface area (Å²) in [6.07, 6.45) is 8.21. The molecule has 0 unspecified atom stereocenters. The zero-order chi connectivity index (χ0) is 21.2. The summed E-state index contributed by atoms with van der Waals surface area (Å²) in [7, 11) is 0. The molecule has 1 saturated heterocycles. The molecule has 1 amide bonds. The molecule has 2 fully saturated rings. The third-order valence-electron chi connectivity index (χ3n) is 7.02. The molecule has 31 heavy (non-hydrogen) atoms. The topological polar surface area (TPSA) is 52.6 Å². The van der Waals surface area contributed by atoms with Gasteiger partial charge in [-0.2, -0.15) is 0 Å². The van der Waals surface area contributed by atoms with Crippen molar-refractivity contribution < 1.29 is 4.79 Å². The Hall–Kier alpha value is -1.99. The van der Waals surface area contributed by atoms with Crippen LogP contribution in [0.25, 0.3) is 0 Å². The Morgan fingerprint density at radius 1 is 1.00 bits per heavy atom. The number of halogens is 1. The summed E-state index contributed by atoms with van der Waals surface area (Å²) < 4.78 is 1.03. The van der Waals surface area contributed by atoms with Crippen molar-refractivity contribution in [3.63, 3.8) is 0 Å². The van der Waals surface area contributed by atoms with Crippen LogP contribution in [0, 0.1) is 0 Å². The molecule has 1 saturated carbocycles. The molecule has 0 radical (unpaired) electrons. The number of aromatic nitrogens is 2. The fraction of sp³-hybridized carbons (Fsp3) is 0.542. The van der Waals surface area contributed by atoms with E-state index >= 15 is 0 Å². The molecule has 5 rings (SSSR count). The Labute approximate surface area is 192 Å². The summed E-state index contributed by atoms with van der Waals surface area (Å²) in [6, 6.07) is 8.82. The molecule has 164 valence electrons. The summed E-state index contributed by atoms with van der Waals surface area (Å²) in [5.41, 5.74) is 3.36. The van der Waals surface area contributed by atoms with Crippen LogP contribution in [-0.4, -0.2) is 71.0 Å². The first-order chi connectivity index (χ1) is 15.2. The van der Waals surface area contributed by atoms with Crippen LogP contribution >= 0.6 is 15.9 Å². The largest absolute Gasteiger partial charge is 0.342 e. The third-order valence-corrected chi connectivity index (χ3v) is 7.55. The van der Waals surface area contributed by atoms with Gasteiger partial charge in [0.2, 0.25) is 11.9 Å². The fourth-order valence-electron chi connectivity index (χ4n) is 4.79. The number of rotatable bonds is 4. The first kappa shape index (κ1) is 20.9. The third kappa shape index (κ3) is 4.77. The number of amides is 1. The van der Waals surface area contributed by atoms with E-state index < -0.39 is 0 Å². The lowest BCUT2D eigenvalue weighted by Crippen LogP contribution is -2.52. The number of nitrogens with zero attached hydrogens (tertiary/aromatic N) is 5. The number of carbonyl (C=O) groups excluding carboxylic acids is 1. The molecule has 1 aromatic carbocycles. The summed E-state index contributed by atoms with van der Waals surface area (Å²) >= 11 is 3.45. The summed E-state index contributed by atoms with van der Waals surface area (Å²) in [5, 5.41) is 0. The van der Waals surface area contributed by atoms with Crippen LogP contribution in [0.3, 0.4) is 0 Å². The monoisotopic (exact) mass is 483 g/mol. The Bertz CT molecular complexity index is 922. The molecule has 1 aliphatic carbocycles. The number of piperazine rings is 1. The number of benzene rings is 1. The highest BCUT2D eigenvalue weighted by atomic mass is 79.9. The minimum absolute atomic E-state index is 0.190. The minimum Gasteiger partial charge on any atom is -0.342 e. The number of carbonyl (C=O) groups is 1. The molecule has 7 heteroatoms. The first-order valence-electron chi connectivity index (χ1n) is 11.5. The molecule has 2 aliphatic heterocycles. The van der Waals surface area contributed by atoms with Crippen LogP contribution in [0.15, 0.2) is 34.9 Å². The normalized spacial score (nSPS) is 20.2. The van der Waals surface area contributed by atoms with Crippen molar-refractivity contribution in [2.75, 3.05) is 44.2 Å². The van der Waals surface area contributed by atoms with Gasteiger partial charge in [-0.05, 0) is 42.5 Å². The molecule has 0 bridgehead atoms. The average Bonchev–Trinajstić information content (AvgIpc) is 2.97. The zero-order valence-electron chi connectivity index (χ0n) is 18.0. The van der Waals surface area contributed by atoms with E-state index in [9.17, 15) is 4.79 Å². The average molecular weight is 484 g/mol. The predicted octanol–water partition coefficient (Wildman–Crippen LogP) is 3.08. The second-order valence-corrected chi connectivity index (χ2v) is 9.85. The molecular formula is C24H30BrN5O. The van der Waals surface area contributed by atoms with Crippen LogP contribution in [0.2, 0.25) is 0 Å². The zero-order valence-corrected chi connectivity index (χ0v) is 19.6. The second-order valence-electron chi connectivity index (χ2n) is 8.93. The highest BCUT2D eigenvalue weighted by molar-refractivity contribution is 9.10. The van der Waals surface area contributed by atoms with Gasteiger partial charge in [0.1, 0.15) is 0 Å². The van der Waals surface area contributed by atoms with Crippen molar-refractivity contribution in [1.29, 1.82) is 0 Å². The molecule has 0 spiro atoms. The van der Waals surface area contributed by atoms with Crippen LogP contribution in [0.5, 0.6) is 0 Å². The molecule has 6 nitrogen and oxygen atoms in total. The van der Waals surface area contributed by atoms with Gasteiger partial charge < -0.3 is 9.80 Å². The van der Waals surface area contributed by atoms with E-state index in [4.69, 9.17) is 9.97 Å². The van der Waals surface area contributed by atoms with Crippen LogP contribution in [-0.2, 0) is 24.1 Å². The second kappa shape index (κ2) is 9.25. The number of fused-ring (bicyclic) bond motifs is 1. The molecule has 3 heterocycles. The summed E-state index contributed by atoms with van der Waals surface area (Å²) in [6.45, 7) is 5.71. The maximum absolute atomic E-state index is 12.9. The molecular weight excluding hydrogens is 454 g/mol. The maximum Gasteiger partial charge on any atom is 0.227 e. The van der Waals surface area contributed by atoms with E-state index in [-0.39, 0.29) is 5.91 Å². The standard InChI is InChI=1S/C24H30BrN5O/c25-20-6-4-18(5-7-20)16-23(31)29-10-8-19-17-26-24(27-22(19)9-11-29)30-14-12-28(13-15-30)21-2-1-3-21/h4-7,17,21H,1-3,8-16H2. The summed E-state index contributed by atoms with van der Waals surface area (Å²) in [5.74, 6) is 1.05. The van der Waals surface area contributed by atoms with Crippen molar-refractivity contribution >= 4 is 27.8 Å². The van der Waals surface area contributed by atoms with Gasteiger partial charge in [0.05, 0.1) is 12.1 Å². The number of hydrogen-bond donors (Lipinski definition) is 0. The van der Waals surface area contributed by atoms with Crippen molar-refractivity contribution in [2.45, 2.75) is 44.6 Å². The van der Waals surface area contributed by atoms with Gasteiger partial charge in [-0.1, -0.05) is 34.5 Å². The van der Waals surface area contributed by atoms with Gasteiger partial charge in [-0.15, -0.1) is 0 Å². The molecule has 0 N–H and O–H groups in total. The van der Waals surface area contributed by atoms with Gasteiger partial charge in [-0.3, -0.25) is 9.69 Å². The Morgan fingerprint density at radius 2 is 1.74 bits per heavy atom. The Morgan fingerprint density at radius 3 is 2.45 bits per heavy atom. The lowest BCUT2D eigenvalue weighted by atomic mass is 9.91. The highest BCUT2D eigenvalue weighted by Crippen LogP contribution is 2.26. The Kier molecular flexibility index (Phi) is 6.23.